The smallest absolute Gasteiger partial charge is 0.335 e. The Morgan fingerprint density at radius 3 is 2.55 bits per heavy atom. The maximum atomic E-state index is 13.5. The number of carbonyl (C=O) groups is 2. The number of rotatable bonds is 5. The number of esters is 1. The van der Waals surface area contributed by atoms with Gasteiger partial charge in [0.25, 0.3) is 0 Å². The zero-order chi connectivity index (χ0) is 15.3. The minimum atomic E-state index is -1.13. The van der Waals surface area contributed by atoms with E-state index in [0.29, 0.717) is 0 Å². The summed E-state index contributed by atoms with van der Waals surface area (Å²) in [5, 5.41) is 11.5. The highest BCUT2D eigenvalue weighted by Gasteiger charge is 2.16. The number of hydrogen-bond acceptors (Lipinski definition) is 4. The SMILES string of the molecule is CC(C)(C)OC(=O)CNCc1cc(C(=O)O)ccc1F. The highest BCUT2D eigenvalue weighted by molar-refractivity contribution is 5.87. The topological polar surface area (TPSA) is 75.6 Å². The van der Waals surface area contributed by atoms with Crippen molar-refractivity contribution in [1.29, 1.82) is 0 Å². The van der Waals surface area contributed by atoms with Crippen LogP contribution in [0.2, 0.25) is 0 Å². The van der Waals surface area contributed by atoms with Crippen LogP contribution in [0.15, 0.2) is 18.2 Å². The van der Waals surface area contributed by atoms with Gasteiger partial charge in [0.1, 0.15) is 11.4 Å². The molecule has 1 rings (SSSR count). The Labute approximate surface area is 116 Å². The van der Waals surface area contributed by atoms with E-state index in [-0.39, 0.29) is 24.2 Å². The second-order valence-electron chi connectivity index (χ2n) is 5.30. The molecule has 0 fully saturated rings. The molecule has 0 saturated heterocycles. The minimum Gasteiger partial charge on any atom is -0.478 e. The number of carboxylic acid groups (broad SMARTS) is 1. The van der Waals surface area contributed by atoms with E-state index < -0.39 is 23.4 Å². The second kappa shape index (κ2) is 6.47. The molecule has 1 aromatic rings. The molecular weight excluding hydrogens is 265 g/mol. The normalized spacial score (nSPS) is 11.2. The van der Waals surface area contributed by atoms with Gasteiger partial charge in [0.2, 0.25) is 0 Å². The number of carbonyl (C=O) groups excluding carboxylic acids is 1. The lowest BCUT2D eigenvalue weighted by molar-refractivity contribution is -0.153. The number of ether oxygens (including phenoxy) is 1. The first-order chi connectivity index (χ1) is 9.19. The largest absolute Gasteiger partial charge is 0.478 e. The zero-order valence-electron chi connectivity index (χ0n) is 11.7. The monoisotopic (exact) mass is 283 g/mol. The fraction of sp³-hybridized carbons (Fsp3) is 0.429. The van der Waals surface area contributed by atoms with Gasteiger partial charge in [0.05, 0.1) is 12.1 Å². The van der Waals surface area contributed by atoms with Gasteiger partial charge >= 0.3 is 11.9 Å². The van der Waals surface area contributed by atoms with Gasteiger partial charge in [-0.1, -0.05) is 0 Å². The van der Waals surface area contributed by atoms with Crippen LogP contribution >= 0.6 is 0 Å². The van der Waals surface area contributed by atoms with Crippen molar-refractivity contribution >= 4 is 11.9 Å². The maximum absolute atomic E-state index is 13.5. The van der Waals surface area contributed by atoms with Gasteiger partial charge in [-0.2, -0.15) is 0 Å². The summed E-state index contributed by atoms with van der Waals surface area (Å²) in [5.74, 6) is -2.10. The third-order valence-electron chi connectivity index (χ3n) is 2.30. The molecule has 2 N–H and O–H groups in total. The molecule has 5 nitrogen and oxygen atoms in total. The summed E-state index contributed by atoms with van der Waals surface area (Å²) in [5.41, 5.74) is -0.387. The Kier molecular flexibility index (Phi) is 5.21. The molecule has 0 aliphatic rings. The summed E-state index contributed by atoms with van der Waals surface area (Å²) in [7, 11) is 0. The van der Waals surface area contributed by atoms with Gasteiger partial charge in [-0.25, -0.2) is 9.18 Å². The first kappa shape index (κ1) is 16.1. The van der Waals surface area contributed by atoms with E-state index in [1.807, 2.05) is 0 Å². The number of aromatic carboxylic acids is 1. The van der Waals surface area contributed by atoms with Crippen LogP contribution in [0.1, 0.15) is 36.7 Å². The second-order valence-corrected chi connectivity index (χ2v) is 5.30. The Morgan fingerprint density at radius 2 is 2.00 bits per heavy atom. The molecule has 0 aliphatic carbocycles. The van der Waals surface area contributed by atoms with Crippen molar-refractivity contribution in [2.45, 2.75) is 32.9 Å². The molecule has 0 amide bonds. The Balaban J connectivity index is 2.56. The highest BCUT2D eigenvalue weighted by atomic mass is 19.1. The number of carboxylic acids is 1. The van der Waals surface area contributed by atoms with E-state index in [1.165, 1.54) is 12.1 Å². The predicted molar refractivity (Wildman–Crippen MR) is 70.9 cm³/mol. The number of benzene rings is 1. The molecule has 0 bridgehead atoms. The molecule has 1 aromatic carbocycles. The first-order valence-electron chi connectivity index (χ1n) is 6.13. The van der Waals surface area contributed by atoms with Crippen molar-refractivity contribution in [2.75, 3.05) is 6.54 Å². The van der Waals surface area contributed by atoms with Crippen LogP contribution in [0.3, 0.4) is 0 Å². The molecule has 20 heavy (non-hydrogen) atoms. The lowest BCUT2D eigenvalue weighted by atomic mass is 10.1. The maximum Gasteiger partial charge on any atom is 0.335 e. The molecule has 110 valence electrons. The molecule has 6 heteroatoms. The fourth-order valence-corrected chi connectivity index (χ4v) is 1.52. The van der Waals surface area contributed by atoms with Crippen LogP contribution in [0, 0.1) is 5.82 Å². The van der Waals surface area contributed by atoms with Gasteiger partial charge in [-0.3, -0.25) is 4.79 Å². The predicted octanol–water partition coefficient (Wildman–Crippen LogP) is 1.96. The summed E-state index contributed by atoms with van der Waals surface area (Å²) in [6.45, 7) is 5.23. The third kappa shape index (κ3) is 5.36. The van der Waals surface area contributed by atoms with Gasteiger partial charge in [0.15, 0.2) is 0 Å². The lowest BCUT2D eigenvalue weighted by Gasteiger charge is -2.19. The molecule has 0 unspecified atom stereocenters. The number of hydrogen-bond donors (Lipinski definition) is 2. The van der Waals surface area contributed by atoms with Crippen LogP contribution in [0.25, 0.3) is 0 Å². The van der Waals surface area contributed by atoms with E-state index in [0.717, 1.165) is 6.07 Å². The van der Waals surface area contributed by atoms with Crippen molar-refractivity contribution in [3.63, 3.8) is 0 Å². The molecule has 0 saturated carbocycles. The minimum absolute atomic E-state index is 0.000433. The van der Waals surface area contributed by atoms with Crippen molar-refractivity contribution in [3.05, 3.63) is 35.1 Å². The average molecular weight is 283 g/mol. The summed E-state index contributed by atoms with van der Waals surface area (Å²) < 4.78 is 18.6. The number of halogens is 1. The van der Waals surface area contributed by atoms with Crippen LogP contribution in [-0.4, -0.2) is 29.2 Å². The zero-order valence-corrected chi connectivity index (χ0v) is 11.7. The molecule has 0 heterocycles. The summed E-state index contributed by atoms with van der Waals surface area (Å²) >= 11 is 0. The van der Waals surface area contributed by atoms with E-state index >= 15 is 0 Å². The quantitative estimate of drug-likeness (QED) is 0.808. The summed E-state index contributed by atoms with van der Waals surface area (Å²) in [6.07, 6.45) is 0. The van der Waals surface area contributed by atoms with Gasteiger partial charge in [0, 0.05) is 12.1 Å². The van der Waals surface area contributed by atoms with Crippen LogP contribution < -0.4 is 5.32 Å². The summed E-state index contributed by atoms with van der Waals surface area (Å²) in [4.78, 5) is 22.2. The Bertz CT molecular complexity index is 508. The average Bonchev–Trinajstić information content (AvgIpc) is 2.28. The lowest BCUT2D eigenvalue weighted by Crippen LogP contribution is -2.31. The van der Waals surface area contributed by atoms with Crippen molar-refractivity contribution in [2.24, 2.45) is 0 Å². The molecular formula is C14H18FNO4. The molecule has 0 aliphatic heterocycles. The van der Waals surface area contributed by atoms with Crippen molar-refractivity contribution in [3.8, 4) is 0 Å². The molecule has 0 radical (unpaired) electrons. The van der Waals surface area contributed by atoms with Crippen molar-refractivity contribution in [1.82, 2.24) is 5.32 Å². The van der Waals surface area contributed by atoms with Crippen LogP contribution in [0.4, 0.5) is 4.39 Å². The molecule has 0 aromatic heterocycles. The van der Waals surface area contributed by atoms with Crippen molar-refractivity contribution < 1.29 is 23.8 Å². The van der Waals surface area contributed by atoms with Gasteiger partial charge in [-0.05, 0) is 39.0 Å². The van der Waals surface area contributed by atoms with E-state index in [1.54, 1.807) is 20.8 Å². The Morgan fingerprint density at radius 1 is 1.35 bits per heavy atom. The highest BCUT2D eigenvalue weighted by Crippen LogP contribution is 2.11. The fourth-order valence-electron chi connectivity index (χ4n) is 1.52. The Hall–Kier alpha value is -1.95. The van der Waals surface area contributed by atoms with Gasteiger partial charge in [-0.15, -0.1) is 0 Å². The number of nitrogens with one attached hydrogen (secondary N) is 1. The van der Waals surface area contributed by atoms with E-state index in [2.05, 4.69) is 5.32 Å². The first-order valence-corrected chi connectivity index (χ1v) is 6.13. The van der Waals surface area contributed by atoms with E-state index in [4.69, 9.17) is 9.84 Å². The van der Waals surface area contributed by atoms with E-state index in [9.17, 15) is 14.0 Å². The summed E-state index contributed by atoms with van der Waals surface area (Å²) in [6, 6.07) is 3.52. The molecule has 0 atom stereocenters. The van der Waals surface area contributed by atoms with Crippen LogP contribution in [-0.2, 0) is 16.1 Å². The van der Waals surface area contributed by atoms with Crippen LogP contribution in [0.5, 0.6) is 0 Å². The standard InChI is InChI=1S/C14H18FNO4/c1-14(2,3)20-12(17)8-16-7-10-6-9(13(18)19)4-5-11(10)15/h4-6,16H,7-8H2,1-3H3,(H,18,19). The third-order valence-corrected chi connectivity index (χ3v) is 2.30. The van der Waals surface area contributed by atoms with Gasteiger partial charge < -0.3 is 15.2 Å². The molecule has 0 spiro atoms.